The predicted octanol–water partition coefficient (Wildman–Crippen LogP) is 8.50. The zero-order chi connectivity index (χ0) is 28.6. The summed E-state index contributed by atoms with van der Waals surface area (Å²) < 4.78 is 5.69. The van der Waals surface area contributed by atoms with Gasteiger partial charge in [-0.3, -0.25) is 9.59 Å². The van der Waals surface area contributed by atoms with Crippen LogP contribution in [0.4, 0.5) is 0 Å². The van der Waals surface area contributed by atoms with Gasteiger partial charge in [-0.05, 0) is 85.6 Å². The van der Waals surface area contributed by atoms with Gasteiger partial charge in [0.2, 0.25) is 5.89 Å². The number of carbonyl (C=O) groups is 2. The van der Waals surface area contributed by atoms with E-state index in [1.165, 1.54) is 0 Å². The van der Waals surface area contributed by atoms with Crippen LogP contribution in [0.1, 0.15) is 36.8 Å². The molecule has 0 aliphatic carbocycles. The van der Waals surface area contributed by atoms with Crippen LogP contribution in [-0.2, 0) is 9.59 Å². The number of carboxylic acid groups (broad SMARTS) is 2. The molecule has 0 aliphatic heterocycles. The first-order chi connectivity index (χ1) is 19.1. The van der Waals surface area contributed by atoms with Crippen molar-refractivity contribution >= 4 is 68.0 Å². The van der Waals surface area contributed by atoms with Crippen molar-refractivity contribution < 1.29 is 24.2 Å². The van der Waals surface area contributed by atoms with Crippen LogP contribution in [-0.4, -0.2) is 32.1 Å². The minimum atomic E-state index is -0.865. The average Bonchev–Trinajstić information content (AvgIpc) is 3.53. The summed E-state index contributed by atoms with van der Waals surface area (Å²) in [5.74, 6) is -2.29. The number of benzene rings is 4. The van der Waals surface area contributed by atoms with Gasteiger partial charge in [0.1, 0.15) is 5.52 Å². The van der Waals surface area contributed by atoms with E-state index in [1.807, 2.05) is 48.5 Å². The van der Waals surface area contributed by atoms with Gasteiger partial charge in [-0.2, -0.15) is 0 Å². The number of nitrogens with one attached hydrogen (secondary N) is 1. The third kappa shape index (κ3) is 5.52. The molecule has 0 saturated carbocycles. The maximum atomic E-state index is 11.0. The molecule has 3 N–H and O–H groups in total. The van der Waals surface area contributed by atoms with Crippen LogP contribution in [0, 0.1) is 0 Å². The van der Waals surface area contributed by atoms with Crippen molar-refractivity contribution in [2.24, 2.45) is 0 Å². The molecule has 0 saturated heterocycles. The summed E-state index contributed by atoms with van der Waals surface area (Å²) >= 11 is 11.9. The highest BCUT2D eigenvalue weighted by atomic mass is 35.5. The highest BCUT2D eigenvalue weighted by Crippen LogP contribution is 2.30. The van der Waals surface area contributed by atoms with Crippen molar-refractivity contribution in [2.45, 2.75) is 25.7 Å². The average molecular weight is 575 g/mol. The molecule has 2 heterocycles. The lowest BCUT2D eigenvalue weighted by atomic mass is 10.00. The third-order valence-corrected chi connectivity index (χ3v) is 7.32. The maximum absolute atomic E-state index is 11.0. The number of aliphatic carboxylic acids is 2. The first kappa shape index (κ1) is 27.2. The minimum absolute atomic E-state index is 0.488. The highest BCUT2D eigenvalue weighted by molar-refractivity contribution is 6.32. The Morgan fingerprint density at radius 2 is 1.38 bits per heavy atom. The van der Waals surface area contributed by atoms with Crippen LogP contribution in [0.15, 0.2) is 83.3 Å². The van der Waals surface area contributed by atoms with Gasteiger partial charge in [-0.1, -0.05) is 41.4 Å². The van der Waals surface area contributed by atoms with Crippen molar-refractivity contribution in [3.63, 3.8) is 0 Å². The van der Waals surface area contributed by atoms with Crippen molar-refractivity contribution in [2.75, 3.05) is 0 Å². The number of H-pyrrole nitrogens is 1. The van der Waals surface area contributed by atoms with Crippen molar-refractivity contribution in [1.29, 1.82) is 0 Å². The molecular weight excluding hydrogens is 551 g/mol. The number of aromatic nitrogens is 2. The molecule has 40 heavy (non-hydrogen) atoms. The standard InChI is InChI=1S/C16H12ClNO3.C15H12ClNO2/c1-9(16(19)20)11-4-7-14-13(8-11)18-15(21-14)10-2-5-12(17)6-3-10;1-8(15(18)19)9-2-4-11-12-7-10(16)3-5-13(12)17-14(11)6-9/h2-9H,1H3,(H,19,20);2-8,17H,1H3,(H,18,19). The van der Waals surface area contributed by atoms with Gasteiger partial charge >= 0.3 is 11.9 Å². The second kappa shape index (κ2) is 11.0. The molecule has 0 fully saturated rings. The molecule has 2 aromatic heterocycles. The van der Waals surface area contributed by atoms with E-state index >= 15 is 0 Å². The van der Waals surface area contributed by atoms with Gasteiger partial charge in [-0.25, -0.2) is 4.98 Å². The summed E-state index contributed by atoms with van der Waals surface area (Å²) in [6.07, 6.45) is 0. The van der Waals surface area contributed by atoms with Gasteiger partial charge in [0.25, 0.3) is 0 Å². The predicted molar refractivity (Wildman–Crippen MR) is 157 cm³/mol. The molecule has 0 spiro atoms. The molecular formula is C31H24Cl2N2O5. The number of aromatic amines is 1. The summed E-state index contributed by atoms with van der Waals surface area (Å²) in [7, 11) is 0. The van der Waals surface area contributed by atoms with Gasteiger partial charge in [0.05, 0.1) is 11.8 Å². The Hall–Kier alpha value is -4.33. The molecule has 2 atom stereocenters. The van der Waals surface area contributed by atoms with Gasteiger partial charge in [-0.15, -0.1) is 0 Å². The Labute approximate surface area is 239 Å². The van der Waals surface area contributed by atoms with E-state index in [9.17, 15) is 9.59 Å². The zero-order valence-corrected chi connectivity index (χ0v) is 23.0. The molecule has 2 unspecified atom stereocenters. The van der Waals surface area contributed by atoms with Crippen LogP contribution in [0.25, 0.3) is 44.4 Å². The molecule has 0 aliphatic rings. The van der Waals surface area contributed by atoms with Crippen LogP contribution in [0.3, 0.4) is 0 Å². The van der Waals surface area contributed by atoms with E-state index < -0.39 is 23.8 Å². The number of fused-ring (bicyclic) bond motifs is 4. The number of nitrogens with zero attached hydrogens (tertiary/aromatic N) is 1. The summed E-state index contributed by atoms with van der Waals surface area (Å²) in [5, 5.41) is 21.6. The first-order valence-corrected chi connectivity index (χ1v) is 13.2. The monoisotopic (exact) mass is 574 g/mol. The number of halogens is 2. The molecule has 0 bridgehead atoms. The van der Waals surface area contributed by atoms with Gasteiger partial charge in [0, 0.05) is 37.4 Å². The zero-order valence-electron chi connectivity index (χ0n) is 21.5. The highest BCUT2D eigenvalue weighted by Gasteiger charge is 2.17. The number of hydrogen-bond donors (Lipinski definition) is 3. The molecule has 7 nitrogen and oxygen atoms in total. The maximum Gasteiger partial charge on any atom is 0.310 e. The summed E-state index contributed by atoms with van der Waals surface area (Å²) in [6, 6.07) is 23.8. The number of hydrogen-bond acceptors (Lipinski definition) is 4. The van der Waals surface area contributed by atoms with E-state index in [-0.39, 0.29) is 0 Å². The van der Waals surface area contributed by atoms with E-state index in [2.05, 4.69) is 9.97 Å². The van der Waals surface area contributed by atoms with Crippen LogP contribution in [0.2, 0.25) is 10.0 Å². The Balaban J connectivity index is 0.000000162. The van der Waals surface area contributed by atoms with E-state index in [0.29, 0.717) is 32.6 Å². The largest absolute Gasteiger partial charge is 0.481 e. The van der Waals surface area contributed by atoms with Crippen molar-refractivity contribution in [3.05, 3.63) is 100 Å². The molecule has 0 radical (unpaired) electrons. The van der Waals surface area contributed by atoms with E-state index in [1.54, 1.807) is 44.2 Å². The summed E-state index contributed by atoms with van der Waals surface area (Å²) in [5.41, 5.74) is 5.52. The fraction of sp³-hybridized carbons (Fsp3) is 0.129. The Morgan fingerprint density at radius 1 is 0.750 bits per heavy atom. The number of rotatable bonds is 5. The quantitative estimate of drug-likeness (QED) is 0.190. The molecule has 202 valence electrons. The molecule has 0 amide bonds. The summed E-state index contributed by atoms with van der Waals surface area (Å²) in [4.78, 5) is 29.8. The van der Waals surface area contributed by atoms with E-state index in [4.69, 9.17) is 37.8 Å². The minimum Gasteiger partial charge on any atom is -0.481 e. The Kier molecular flexibility index (Phi) is 7.52. The second-order valence-corrected chi connectivity index (χ2v) is 10.4. The van der Waals surface area contributed by atoms with Gasteiger partial charge in [0.15, 0.2) is 5.58 Å². The lowest BCUT2D eigenvalue weighted by molar-refractivity contribution is -0.139. The van der Waals surface area contributed by atoms with E-state index in [0.717, 1.165) is 32.9 Å². The van der Waals surface area contributed by atoms with Gasteiger partial charge < -0.3 is 19.6 Å². The number of oxazole rings is 1. The Bertz CT molecular complexity index is 1870. The van der Waals surface area contributed by atoms with Crippen molar-refractivity contribution in [3.8, 4) is 11.5 Å². The van der Waals surface area contributed by atoms with Crippen LogP contribution in [0.5, 0.6) is 0 Å². The third-order valence-electron chi connectivity index (χ3n) is 6.83. The topological polar surface area (TPSA) is 116 Å². The number of carboxylic acids is 2. The second-order valence-electron chi connectivity index (χ2n) is 9.49. The first-order valence-electron chi connectivity index (χ1n) is 12.4. The molecule has 6 rings (SSSR count). The fourth-order valence-corrected chi connectivity index (χ4v) is 4.68. The lowest BCUT2D eigenvalue weighted by Crippen LogP contribution is -2.06. The SMILES string of the molecule is CC(C(=O)O)c1ccc2c(c1)[nH]c1ccc(Cl)cc12.CC(C(=O)O)c1ccc2oc(-c3ccc(Cl)cc3)nc2c1. The lowest BCUT2D eigenvalue weighted by Gasteiger charge is -2.06. The van der Waals surface area contributed by atoms with Crippen molar-refractivity contribution in [1.82, 2.24) is 9.97 Å². The van der Waals surface area contributed by atoms with Crippen LogP contribution >= 0.6 is 23.2 Å². The Morgan fingerprint density at radius 3 is 2.05 bits per heavy atom. The normalized spacial score (nSPS) is 12.7. The fourth-order valence-electron chi connectivity index (χ4n) is 4.38. The summed E-state index contributed by atoms with van der Waals surface area (Å²) in [6.45, 7) is 3.33. The molecule has 4 aromatic carbocycles. The molecule has 6 aromatic rings. The molecule has 9 heteroatoms. The van der Waals surface area contributed by atoms with Crippen LogP contribution < -0.4 is 0 Å². The smallest absolute Gasteiger partial charge is 0.310 e.